The number of benzene rings is 2. The normalized spacial score (nSPS) is 15.2. The number of nitrogens with one attached hydrogen (secondary N) is 1. The molecule has 1 amide bonds. The van der Waals surface area contributed by atoms with E-state index in [9.17, 15) is 9.59 Å². The molecule has 0 aliphatic carbocycles. The van der Waals surface area contributed by atoms with Crippen molar-refractivity contribution in [1.82, 2.24) is 5.32 Å². The molecule has 0 saturated carbocycles. The number of para-hydroxylation sites is 2. The predicted octanol–water partition coefficient (Wildman–Crippen LogP) is 1.29. The Bertz CT molecular complexity index is 774. The third kappa shape index (κ3) is 4.52. The fourth-order valence-electron chi connectivity index (χ4n) is 2.40. The lowest BCUT2D eigenvalue weighted by atomic mass is 10.1. The Morgan fingerprint density at radius 2 is 1.85 bits per heavy atom. The molecule has 3 rings (SSSR count). The first-order valence-corrected chi connectivity index (χ1v) is 8.18. The summed E-state index contributed by atoms with van der Waals surface area (Å²) in [5.74, 6) is 0.288. The van der Waals surface area contributed by atoms with E-state index in [1.807, 2.05) is 18.2 Å². The van der Waals surface area contributed by atoms with Gasteiger partial charge in [0, 0.05) is 0 Å². The topological polar surface area (TPSA) is 94.1 Å². The number of aliphatic hydroxyl groups is 1. The summed E-state index contributed by atoms with van der Waals surface area (Å²) in [5, 5.41) is 11.6. The Balaban J connectivity index is 1.41. The highest BCUT2D eigenvalue weighted by molar-refractivity contribution is 5.91. The summed E-state index contributed by atoms with van der Waals surface area (Å²) >= 11 is 0. The molecule has 0 unspecified atom stereocenters. The fraction of sp³-hybridized carbons (Fsp3) is 0.263. The molecule has 7 nitrogen and oxygen atoms in total. The molecule has 26 heavy (non-hydrogen) atoms. The summed E-state index contributed by atoms with van der Waals surface area (Å²) in [6.45, 7) is 0.0874. The number of ether oxygens (including phenoxy) is 3. The molecule has 0 fully saturated rings. The standard InChI is InChI=1S/C19H19NO6/c21-10-13-5-7-14(8-6-13)19(23)25-12-18(22)20-9-15-11-24-16-3-1-2-4-17(16)26-15/h1-8,15,21H,9-12H2,(H,20,22)/t15-/m1/s1. The van der Waals surface area contributed by atoms with E-state index in [0.717, 1.165) is 0 Å². The third-order valence-electron chi connectivity index (χ3n) is 3.80. The molecule has 1 aliphatic heterocycles. The number of esters is 1. The van der Waals surface area contributed by atoms with Crippen LogP contribution in [0.15, 0.2) is 48.5 Å². The third-order valence-corrected chi connectivity index (χ3v) is 3.80. The maximum absolute atomic E-state index is 11.9. The Labute approximate surface area is 150 Å². The Morgan fingerprint density at radius 3 is 2.58 bits per heavy atom. The summed E-state index contributed by atoms with van der Waals surface area (Å²) in [4.78, 5) is 23.7. The molecule has 2 aromatic carbocycles. The van der Waals surface area contributed by atoms with E-state index in [0.29, 0.717) is 29.2 Å². The van der Waals surface area contributed by atoms with E-state index in [2.05, 4.69) is 5.32 Å². The van der Waals surface area contributed by atoms with Crippen LogP contribution in [0.5, 0.6) is 11.5 Å². The second-order valence-electron chi connectivity index (χ2n) is 5.73. The van der Waals surface area contributed by atoms with Crippen LogP contribution >= 0.6 is 0 Å². The van der Waals surface area contributed by atoms with Crippen LogP contribution in [-0.4, -0.2) is 42.8 Å². The van der Waals surface area contributed by atoms with Gasteiger partial charge in [-0.1, -0.05) is 24.3 Å². The van der Waals surface area contributed by atoms with Gasteiger partial charge in [0.2, 0.25) is 0 Å². The maximum atomic E-state index is 11.9. The number of aliphatic hydroxyl groups excluding tert-OH is 1. The van der Waals surface area contributed by atoms with Gasteiger partial charge in [0.1, 0.15) is 12.7 Å². The summed E-state index contributed by atoms with van der Waals surface area (Å²) in [7, 11) is 0. The number of hydrogen-bond donors (Lipinski definition) is 2. The number of rotatable bonds is 6. The zero-order chi connectivity index (χ0) is 18.4. The van der Waals surface area contributed by atoms with Crippen molar-refractivity contribution in [2.24, 2.45) is 0 Å². The van der Waals surface area contributed by atoms with Crippen molar-refractivity contribution in [3.8, 4) is 11.5 Å². The molecule has 1 atom stereocenters. The number of fused-ring (bicyclic) bond motifs is 1. The van der Waals surface area contributed by atoms with Crippen LogP contribution in [0.4, 0.5) is 0 Å². The van der Waals surface area contributed by atoms with Gasteiger partial charge in [-0.25, -0.2) is 4.79 Å². The average Bonchev–Trinajstić information content (AvgIpc) is 2.70. The van der Waals surface area contributed by atoms with Crippen molar-refractivity contribution >= 4 is 11.9 Å². The summed E-state index contributed by atoms with van der Waals surface area (Å²) < 4.78 is 16.3. The lowest BCUT2D eigenvalue weighted by Gasteiger charge is -2.26. The van der Waals surface area contributed by atoms with Gasteiger partial charge in [0.05, 0.1) is 18.7 Å². The van der Waals surface area contributed by atoms with Crippen LogP contribution in [0.3, 0.4) is 0 Å². The molecular formula is C19H19NO6. The van der Waals surface area contributed by atoms with Crippen LogP contribution in [0.25, 0.3) is 0 Å². The number of carbonyl (C=O) groups excluding carboxylic acids is 2. The summed E-state index contributed by atoms with van der Waals surface area (Å²) in [6.07, 6.45) is -0.310. The van der Waals surface area contributed by atoms with Crippen LogP contribution < -0.4 is 14.8 Å². The first kappa shape index (κ1) is 17.8. The minimum atomic E-state index is -0.601. The van der Waals surface area contributed by atoms with Crippen LogP contribution in [0.1, 0.15) is 15.9 Å². The van der Waals surface area contributed by atoms with Crippen molar-refractivity contribution in [1.29, 1.82) is 0 Å². The van der Waals surface area contributed by atoms with Crippen LogP contribution in [-0.2, 0) is 16.1 Å². The molecule has 0 radical (unpaired) electrons. The minimum absolute atomic E-state index is 0.102. The Hall–Kier alpha value is -3.06. The molecule has 1 aliphatic rings. The average molecular weight is 357 g/mol. The molecule has 2 aromatic rings. The first-order valence-electron chi connectivity index (χ1n) is 8.18. The second-order valence-corrected chi connectivity index (χ2v) is 5.73. The van der Waals surface area contributed by atoms with Crippen molar-refractivity contribution in [2.75, 3.05) is 19.8 Å². The zero-order valence-corrected chi connectivity index (χ0v) is 14.0. The van der Waals surface area contributed by atoms with E-state index in [1.165, 1.54) is 12.1 Å². The monoisotopic (exact) mass is 357 g/mol. The fourth-order valence-corrected chi connectivity index (χ4v) is 2.40. The quantitative estimate of drug-likeness (QED) is 0.757. The van der Waals surface area contributed by atoms with Gasteiger partial charge < -0.3 is 24.6 Å². The van der Waals surface area contributed by atoms with Crippen molar-refractivity contribution in [3.63, 3.8) is 0 Å². The number of hydrogen-bond acceptors (Lipinski definition) is 6. The van der Waals surface area contributed by atoms with E-state index in [1.54, 1.807) is 18.2 Å². The van der Waals surface area contributed by atoms with Gasteiger partial charge in [-0.15, -0.1) is 0 Å². The molecule has 0 saturated heterocycles. The molecule has 2 N–H and O–H groups in total. The Kier molecular flexibility index (Phi) is 5.70. The predicted molar refractivity (Wildman–Crippen MR) is 92.0 cm³/mol. The van der Waals surface area contributed by atoms with Crippen LogP contribution in [0, 0.1) is 0 Å². The van der Waals surface area contributed by atoms with Crippen molar-refractivity contribution < 1.29 is 28.9 Å². The highest BCUT2D eigenvalue weighted by Crippen LogP contribution is 2.30. The van der Waals surface area contributed by atoms with Crippen molar-refractivity contribution in [3.05, 3.63) is 59.7 Å². The molecule has 7 heteroatoms. The van der Waals surface area contributed by atoms with Gasteiger partial charge in [-0.3, -0.25) is 4.79 Å². The zero-order valence-electron chi connectivity index (χ0n) is 14.0. The number of amides is 1. The first-order chi connectivity index (χ1) is 12.7. The molecule has 0 bridgehead atoms. The van der Waals surface area contributed by atoms with Gasteiger partial charge in [0.15, 0.2) is 18.1 Å². The highest BCUT2D eigenvalue weighted by Gasteiger charge is 2.21. The SMILES string of the molecule is O=C(COC(=O)c1ccc(CO)cc1)NC[C@@H]1COc2ccccc2O1. The molecule has 136 valence electrons. The largest absolute Gasteiger partial charge is 0.486 e. The molecule has 1 heterocycles. The summed E-state index contributed by atoms with van der Waals surface area (Å²) in [6, 6.07) is 13.6. The lowest BCUT2D eigenvalue weighted by molar-refractivity contribution is -0.124. The lowest BCUT2D eigenvalue weighted by Crippen LogP contribution is -2.42. The minimum Gasteiger partial charge on any atom is -0.486 e. The van der Waals surface area contributed by atoms with E-state index >= 15 is 0 Å². The van der Waals surface area contributed by atoms with Crippen LogP contribution in [0.2, 0.25) is 0 Å². The van der Waals surface area contributed by atoms with E-state index in [4.69, 9.17) is 19.3 Å². The van der Waals surface area contributed by atoms with Gasteiger partial charge in [0.25, 0.3) is 5.91 Å². The highest BCUT2D eigenvalue weighted by atomic mass is 16.6. The second kappa shape index (κ2) is 8.35. The maximum Gasteiger partial charge on any atom is 0.338 e. The summed E-state index contributed by atoms with van der Waals surface area (Å²) in [5.41, 5.74) is 1.01. The van der Waals surface area contributed by atoms with Gasteiger partial charge in [-0.2, -0.15) is 0 Å². The van der Waals surface area contributed by atoms with Gasteiger partial charge in [-0.05, 0) is 29.8 Å². The number of carbonyl (C=O) groups is 2. The smallest absolute Gasteiger partial charge is 0.338 e. The van der Waals surface area contributed by atoms with E-state index < -0.39 is 11.9 Å². The Morgan fingerprint density at radius 1 is 1.12 bits per heavy atom. The molecular weight excluding hydrogens is 338 g/mol. The van der Waals surface area contributed by atoms with Gasteiger partial charge >= 0.3 is 5.97 Å². The van der Waals surface area contributed by atoms with E-state index in [-0.39, 0.29) is 25.9 Å². The van der Waals surface area contributed by atoms with Crippen molar-refractivity contribution in [2.45, 2.75) is 12.7 Å². The molecule has 0 aromatic heterocycles. The molecule has 0 spiro atoms.